The normalized spacial score (nSPS) is 17.2. The first-order chi connectivity index (χ1) is 9.31. The van der Waals surface area contributed by atoms with E-state index in [-0.39, 0.29) is 18.1 Å². The fraction of sp³-hybridized carbons (Fsp3) is 0.562. The number of nitrogens with zero attached hydrogens (tertiary/aromatic N) is 1. The molecule has 0 aromatic rings. The Hall–Kier alpha value is -1.55. The van der Waals surface area contributed by atoms with E-state index in [2.05, 4.69) is 0 Å². The van der Waals surface area contributed by atoms with Crippen molar-refractivity contribution in [2.75, 3.05) is 7.05 Å². The summed E-state index contributed by atoms with van der Waals surface area (Å²) in [7, 11) is 1.88. The molecule has 1 unspecified atom stereocenters. The highest BCUT2D eigenvalue weighted by molar-refractivity contribution is 5.66. The molecule has 0 spiro atoms. The average Bonchev–Trinajstić information content (AvgIpc) is 2.36. The van der Waals surface area contributed by atoms with E-state index in [9.17, 15) is 9.90 Å². The second kappa shape index (κ2) is 9.37. The van der Waals surface area contributed by atoms with Crippen molar-refractivity contribution in [3.8, 4) is 0 Å². The first-order valence-corrected chi connectivity index (χ1v) is 6.88. The fourth-order valence-electron chi connectivity index (χ4n) is 1.74. The highest BCUT2D eigenvalue weighted by Crippen LogP contribution is 2.16. The number of aliphatic hydroxyl groups excluding tert-OH is 1. The minimum Gasteiger partial charge on any atom is -0.456 e. The Morgan fingerprint density at radius 1 is 1.20 bits per heavy atom. The van der Waals surface area contributed by atoms with E-state index in [4.69, 9.17) is 4.74 Å². The van der Waals surface area contributed by atoms with Gasteiger partial charge in [-0.15, -0.1) is 0 Å². The molecule has 1 N–H and O–H groups in total. The molecule has 4 nitrogen and oxygen atoms in total. The molecule has 3 atom stereocenters. The first-order valence-electron chi connectivity index (χ1n) is 6.88. The zero-order valence-electron chi connectivity index (χ0n) is 13.3. The average molecular weight is 281 g/mol. The minimum absolute atomic E-state index is 0.0747. The van der Waals surface area contributed by atoms with Crippen LogP contribution in [0.1, 0.15) is 34.6 Å². The van der Waals surface area contributed by atoms with E-state index in [1.165, 1.54) is 6.92 Å². The van der Waals surface area contributed by atoms with Gasteiger partial charge in [0.1, 0.15) is 6.10 Å². The summed E-state index contributed by atoms with van der Waals surface area (Å²) in [4.78, 5) is 13.0. The number of carbonyl (C=O) groups excluding carboxylic acids is 1. The number of hydrogen-bond acceptors (Lipinski definition) is 4. The van der Waals surface area contributed by atoms with Crippen LogP contribution in [0.3, 0.4) is 0 Å². The van der Waals surface area contributed by atoms with Crippen LogP contribution in [0.5, 0.6) is 0 Å². The summed E-state index contributed by atoms with van der Waals surface area (Å²) in [6.07, 6.45) is 8.69. The maximum Gasteiger partial charge on any atom is 0.303 e. The van der Waals surface area contributed by atoms with Crippen LogP contribution < -0.4 is 0 Å². The molecule has 0 aliphatic heterocycles. The highest BCUT2D eigenvalue weighted by atomic mass is 16.5. The summed E-state index contributed by atoms with van der Waals surface area (Å²) < 4.78 is 5.24. The van der Waals surface area contributed by atoms with Crippen molar-refractivity contribution in [1.29, 1.82) is 0 Å². The van der Waals surface area contributed by atoms with E-state index < -0.39 is 6.10 Å². The van der Waals surface area contributed by atoms with Crippen molar-refractivity contribution in [1.82, 2.24) is 4.90 Å². The number of esters is 1. The molecule has 0 bridgehead atoms. The Balaban J connectivity index is 5.18. The molecule has 0 aliphatic rings. The number of allylic oxidation sites excluding steroid dienone is 5. The second-order valence-electron chi connectivity index (χ2n) is 4.85. The summed E-state index contributed by atoms with van der Waals surface area (Å²) >= 11 is 0. The van der Waals surface area contributed by atoms with Gasteiger partial charge in [-0.25, -0.2) is 0 Å². The van der Waals surface area contributed by atoms with Gasteiger partial charge in [-0.2, -0.15) is 0 Å². The molecule has 0 fully saturated rings. The van der Waals surface area contributed by atoms with Crippen LogP contribution in [-0.2, 0) is 9.53 Å². The van der Waals surface area contributed by atoms with Crippen LogP contribution in [0.4, 0.5) is 0 Å². The lowest BCUT2D eigenvalue weighted by atomic mass is 10.1. The number of ether oxygens (including phenoxy) is 1. The highest BCUT2D eigenvalue weighted by Gasteiger charge is 2.22. The topological polar surface area (TPSA) is 49.8 Å². The number of rotatable bonds is 7. The van der Waals surface area contributed by atoms with Crippen molar-refractivity contribution in [3.63, 3.8) is 0 Å². The van der Waals surface area contributed by atoms with Crippen LogP contribution in [0, 0.1) is 0 Å². The number of hydrogen-bond donors (Lipinski definition) is 1. The summed E-state index contributed by atoms with van der Waals surface area (Å²) in [6, 6.07) is -0.0747. The molecule has 4 heteroatoms. The van der Waals surface area contributed by atoms with Gasteiger partial charge >= 0.3 is 5.97 Å². The van der Waals surface area contributed by atoms with Crippen molar-refractivity contribution in [3.05, 3.63) is 36.1 Å². The van der Waals surface area contributed by atoms with E-state index >= 15 is 0 Å². The Bertz CT molecular complexity index is 383. The molecular weight excluding hydrogens is 254 g/mol. The van der Waals surface area contributed by atoms with E-state index in [1.807, 2.05) is 63.1 Å². The third-order valence-electron chi connectivity index (χ3n) is 3.16. The van der Waals surface area contributed by atoms with Gasteiger partial charge in [-0.1, -0.05) is 24.3 Å². The van der Waals surface area contributed by atoms with Gasteiger partial charge < -0.3 is 14.7 Å². The lowest BCUT2D eigenvalue weighted by Gasteiger charge is -2.33. The van der Waals surface area contributed by atoms with Crippen LogP contribution in [0.2, 0.25) is 0 Å². The molecular formula is C16H27NO3. The van der Waals surface area contributed by atoms with Gasteiger partial charge in [0.2, 0.25) is 0 Å². The SMILES string of the molecule is C\C=C/C=C/C=C(/[C@@H](C)OC(C)=O)N(C)[C@H](C)C(C)O. The van der Waals surface area contributed by atoms with Crippen molar-refractivity contribution < 1.29 is 14.6 Å². The predicted octanol–water partition coefficient (Wildman–Crippen LogP) is 2.66. The van der Waals surface area contributed by atoms with Crippen molar-refractivity contribution in [2.24, 2.45) is 0 Å². The standard InChI is InChI=1S/C16H27NO3/c1-7-8-9-10-11-16(14(4)20-15(5)19)17(6)12(2)13(3)18/h7-14,18H,1-6H3/b8-7-,10-9+,16-11-/t12-,13?,14-/m1/s1. The van der Waals surface area contributed by atoms with Gasteiger partial charge in [-0.3, -0.25) is 4.79 Å². The number of carbonyl (C=O) groups is 1. The molecule has 0 rings (SSSR count). The fourth-order valence-corrected chi connectivity index (χ4v) is 1.74. The molecule has 0 aromatic carbocycles. The first kappa shape index (κ1) is 18.4. The quantitative estimate of drug-likeness (QED) is 0.576. The summed E-state index contributed by atoms with van der Waals surface area (Å²) in [5.41, 5.74) is 0.842. The number of aliphatic hydroxyl groups is 1. The molecule has 0 saturated heterocycles. The van der Waals surface area contributed by atoms with E-state index in [1.54, 1.807) is 6.92 Å². The summed E-state index contributed by atoms with van der Waals surface area (Å²) in [6.45, 7) is 8.82. The van der Waals surface area contributed by atoms with Crippen LogP contribution >= 0.6 is 0 Å². The van der Waals surface area contributed by atoms with Gasteiger partial charge in [0.25, 0.3) is 0 Å². The Kier molecular flexibility index (Phi) is 8.64. The summed E-state index contributed by atoms with van der Waals surface area (Å²) in [5.74, 6) is -0.320. The molecule has 20 heavy (non-hydrogen) atoms. The van der Waals surface area contributed by atoms with Gasteiger partial charge in [0, 0.05) is 14.0 Å². The summed E-state index contributed by atoms with van der Waals surface area (Å²) in [5, 5.41) is 9.71. The molecule has 0 saturated carbocycles. The monoisotopic (exact) mass is 281 g/mol. The zero-order valence-corrected chi connectivity index (χ0v) is 13.3. The largest absolute Gasteiger partial charge is 0.456 e. The van der Waals surface area contributed by atoms with Crippen LogP contribution in [0.15, 0.2) is 36.1 Å². The zero-order chi connectivity index (χ0) is 15.7. The maximum absolute atomic E-state index is 11.1. The van der Waals surface area contributed by atoms with E-state index in [0.717, 1.165) is 5.70 Å². The molecule has 114 valence electrons. The van der Waals surface area contributed by atoms with Crippen LogP contribution in [0.25, 0.3) is 0 Å². The molecule has 0 amide bonds. The van der Waals surface area contributed by atoms with Gasteiger partial charge in [0.15, 0.2) is 0 Å². The lowest BCUT2D eigenvalue weighted by Crippen LogP contribution is -2.40. The Morgan fingerprint density at radius 3 is 2.25 bits per heavy atom. The smallest absolute Gasteiger partial charge is 0.303 e. The number of likely N-dealkylation sites (N-methyl/N-ethyl adjacent to an activating group) is 1. The third kappa shape index (κ3) is 6.57. The van der Waals surface area contributed by atoms with Crippen molar-refractivity contribution in [2.45, 2.75) is 52.9 Å². The lowest BCUT2D eigenvalue weighted by molar-refractivity contribution is -0.144. The van der Waals surface area contributed by atoms with Gasteiger partial charge in [-0.05, 0) is 33.8 Å². The molecule has 0 aliphatic carbocycles. The predicted molar refractivity (Wildman–Crippen MR) is 82.2 cm³/mol. The Labute approximate surface area is 122 Å². The van der Waals surface area contributed by atoms with Gasteiger partial charge in [0.05, 0.1) is 17.8 Å². The minimum atomic E-state index is -0.479. The third-order valence-corrected chi connectivity index (χ3v) is 3.16. The Morgan fingerprint density at radius 2 is 1.80 bits per heavy atom. The maximum atomic E-state index is 11.1. The second-order valence-corrected chi connectivity index (χ2v) is 4.85. The molecule has 0 heterocycles. The molecule has 0 radical (unpaired) electrons. The molecule has 0 aromatic heterocycles. The van der Waals surface area contributed by atoms with E-state index in [0.29, 0.717) is 0 Å². The van der Waals surface area contributed by atoms with Crippen molar-refractivity contribution >= 4 is 5.97 Å². The van der Waals surface area contributed by atoms with Crippen LogP contribution in [-0.4, -0.2) is 41.3 Å².